The van der Waals surface area contributed by atoms with Crippen LogP contribution in [-0.2, 0) is 20.6 Å². The van der Waals surface area contributed by atoms with Gasteiger partial charge in [-0.15, -0.1) is 0 Å². The van der Waals surface area contributed by atoms with Crippen LogP contribution in [0.2, 0.25) is 10.0 Å². The van der Waals surface area contributed by atoms with Crippen LogP contribution in [0.4, 0.5) is 0 Å². The highest BCUT2D eigenvalue weighted by atomic mass is 35.5. The Labute approximate surface area is 178 Å². The highest BCUT2D eigenvalue weighted by molar-refractivity contribution is 6.42. The van der Waals surface area contributed by atoms with Gasteiger partial charge in [-0.25, -0.2) is 9.97 Å². The molecule has 0 aliphatic carbocycles. The molecule has 0 N–H and O–H groups in total. The molecular weight excluding hydrogens is 413 g/mol. The van der Waals surface area contributed by atoms with Crippen molar-refractivity contribution < 1.29 is 14.2 Å². The molecule has 3 aromatic rings. The zero-order valence-electron chi connectivity index (χ0n) is 16.3. The zero-order valence-corrected chi connectivity index (χ0v) is 17.8. The van der Waals surface area contributed by atoms with Crippen LogP contribution >= 0.6 is 23.2 Å². The van der Waals surface area contributed by atoms with E-state index >= 15 is 0 Å². The first-order chi connectivity index (χ1) is 13.8. The quantitative estimate of drug-likeness (QED) is 0.594. The SMILES string of the molecule is CC1(C)O[C@H]2[C@H](n3ccc4cncnc43)O[C@](C)(Cc3ccc(Cl)c(Cl)c3)[C@@H]2O1. The number of aromatic nitrogens is 3. The third kappa shape index (κ3) is 3.23. The highest BCUT2D eigenvalue weighted by Crippen LogP contribution is 2.49. The second-order valence-electron chi connectivity index (χ2n) is 8.29. The van der Waals surface area contributed by atoms with Crippen LogP contribution in [0.1, 0.15) is 32.6 Å². The first kappa shape index (κ1) is 19.3. The number of halogens is 2. The van der Waals surface area contributed by atoms with Crippen molar-refractivity contribution in [3.63, 3.8) is 0 Å². The fourth-order valence-corrected chi connectivity index (χ4v) is 4.72. The Morgan fingerprint density at radius 3 is 2.69 bits per heavy atom. The molecule has 2 aromatic heterocycles. The predicted molar refractivity (Wildman–Crippen MR) is 110 cm³/mol. The minimum absolute atomic E-state index is 0.253. The van der Waals surface area contributed by atoms with Gasteiger partial charge in [0.1, 0.15) is 29.8 Å². The Hall–Kier alpha value is -1.70. The van der Waals surface area contributed by atoms with Gasteiger partial charge in [-0.3, -0.25) is 0 Å². The third-order valence-electron chi connectivity index (χ3n) is 5.59. The van der Waals surface area contributed by atoms with Gasteiger partial charge < -0.3 is 18.8 Å². The van der Waals surface area contributed by atoms with Crippen molar-refractivity contribution in [3.8, 4) is 0 Å². The lowest BCUT2D eigenvalue weighted by Crippen LogP contribution is -2.42. The molecule has 2 aliphatic heterocycles. The van der Waals surface area contributed by atoms with Crippen molar-refractivity contribution in [3.05, 3.63) is 58.6 Å². The number of nitrogens with zero attached hydrogens (tertiary/aromatic N) is 3. The lowest BCUT2D eigenvalue weighted by atomic mass is 9.90. The first-order valence-electron chi connectivity index (χ1n) is 9.50. The van der Waals surface area contributed by atoms with Crippen molar-refractivity contribution >= 4 is 34.2 Å². The largest absolute Gasteiger partial charge is 0.346 e. The minimum Gasteiger partial charge on any atom is -0.346 e. The smallest absolute Gasteiger partial charge is 0.165 e. The van der Waals surface area contributed by atoms with E-state index in [0.717, 1.165) is 16.6 Å². The molecule has 29 heavy (non-hydrogen) atoms. The Balaban J connectivity index is 1.54. The standard InChI is InChI=1S/C21H21Cl2N3O3/c1-20(2)27-16-17(28-20)21(3,9-12-4-5-14(22)15(23)8-12)29-19(16)26-7-6-13-10-24-11-25-18(13)26/h4-8,10-11,16-17,19H,9H2,1-3H3/t16-,17-,19-,21-/m1/s1. The molecule has 2 saturated heterocycles. The maximum absolute atomic E-state index is 6.61. The molecule has 0 saturated carbocycles. The molecule has 0 bridgehead atoms. The first-order valence-corrected chi connectivity index (χ1v) is 10.3. The molecule has 5 rings (SSSR count). The van der Waals surface area contributed by atoms with Gasteiger partial charge in [0.25, 0.3) is 0 Å². The van der Waals surface area contributed by atoms with Crippen molar-refractivity contribution in [1.29, 1.82) is 0 Å². The van der Waals surface area contributed by atoms with Crippen LogP contribution in [-0.4, -0.2) is 38.1 Å². The minimum atomic E-state index is -0.700. The van der Waals surface area contributed by atoms with E-state index in [1.54, 1.807) is 12.3 Å². The van der Waals surface area contributed by atoms with E-state index in [9.17, 15) is 0 Å². The van der Waals surface area contributed by atoms with Gasteiger partial charge in [0.05, 0.1) is 10.0 Å². The third-order valence-corrected chi connectivity index (χ3v) is 6.33. The molecule has 1 aromatic carbocycles. The molecule has 8 heteroatoms. The number of fused-ring (bicyclic) bond motifs is 2. The molecular formula is C21H21Cl2N3O3. The lowest BCUT2D eigenvalue weighted by molar-refractivity contribution is -0.216. The highest BCUT2D eigenvalue weighted by Gasteiger charge is 2.61. The summed E-state index contributed by atoms with van der Waals surface area (Å²) in [6, 6.07) is 7.62. The van der Waals surface area contributed by atoms with Crippen molar-refractivity contribution in [2.45, 2.75) is 57.0 Å². The van der Waals surface area contributed by atoms with E-state index in [1.807, 2.05) is 42.8 Å². The predicted octanol–water partition coefficient (Wildman–Crippen LogP) is 4.79. The van der Waals surface area contributed by atoms with Crippen LogP contribution in [0, 0.1) is 0 Å². The van der Waals surface area contributed by atoms with Gasteiger partial charge in [-0.05, 0) is 44.5 Å². The molecule has 0 amide bonds. The van der Waals surface area contributed by atoms with Gasteiger partial charge in [-0.2, -0.15) is 0 Å². The van der Waals surface area contributed by atoms with E-state index in [1.165, 1.54) is 6.33 Å². The van der Waals surface area contributed by atoms with Crippen LogP contribution in [0.3, 0.4) is 0 Å². The number of hydrogen-bond acceptors (Lipinski definition) is 5. The zero-order chi connectivity index (χ0) is 20.4. The van der Waals surface area contributed by atoms with Gasteiger partial charge in [0.15, 0.2) is 12.0 Å². The monoisotopic (exact) mass is 433 g/mol. The Morgan fingerprint density at radius 1 is 1.07 bits per heavy atom. The van der Waals surface area contributed by atoms with E-state index in [2.05, 4.69) is 16.9 Å². The van der Waals surface area contributed by atoms with Crippen LogP contribution in [0.5, 0.6) is 0 Å². The van der Waals surface area contributed by atoms with E-state index in [4.69, 9.17) is 37.4 Å². The van der Waals surface area contributed by atoms with Crippen LogP contribution in [0.15, 0.2) is 43.0 Å². The van der Waals surface area contributed by atoms with Gasteiger partial charge in [0.2, 0.25) is 0 Å². The normalized spacial score (nSPS) is 30.7. The molecule has 4 heterocycles. The number of rotatable bonds is 3. The van der Waals surface area contributed by atoms with Gasteiger partial charge in [-0.1, -0.05) is 29.3 Å². The van der Waals surface area contributed by atoms with E-state index in [0.29, 0.717) is 16.5 Å². The van der Waals surface area contributed by atoms with Crippen molar-refractivity contribution in [2.24, 2.45) is 0 Å². The van der Waals surface area contributed by atoms with Crippen LogP contribution in [0.25, 0.3) is 11.0 Å². The molecule has 0 unspecified atom stereocenters. The molecule has 2 aliphatic rings. The Morgan fingerprint density at radius 2 is 1.90 bits per heavy atom. The summed E-state index contributed by atoms with van der Waals surface area (Å²) in [7, 11) is 0. The van der Waals surface area contributed by atoms with E-state index in [-0.39, 0.29) is 18.4 Å². The Bertz CT molecular complexity index is 1090. The maximum Gasteiger partial charge on any atom is 0.165 e. The Kier molecular flexibility index (Phi) is 4.42. The summed E-state index contributed by atoms with van der Waals surface area (Å²) in [6.45, 7) is 5.91. The molecule has 2 fully saturated rings. The molecule has 4 atom stereocenters. The van der Waals surface area contributed by atoms with Crippen LogP contribution < -0.4 is 0 Å². The summed E-state index contributed by atoms with van der Waals surface area (Å²) in [6.07, 6.45) is 4.99. The topological polar surface area (TPSA) is 58.4 Å². The van der Waals surface area contributed by atoms with Gasteiger partial charge >= 0.3 is 0 Å². The van der Waals surface area contributed by atoms with E-state index < -0.39 is 11.4 Å². The lowest BCUT2D eigenvalue weighted by Gasteiger charge is -2.32. The fraction of sp³-hybridized carbons (Fsp3) is 0.429. The molecule has 6 nitrogen and oxygen atoms in total. The summed E-state index contributed by atoms with van der Waals surface area (Å²) in [5.41, 5.74) is 1.20. The summed E-state index contributed by atoms with van der Waals surface area (Å²) in [5.74, 6) is -0.700. The molecule has 152 valence electrons. The average Bonchev–Trinajstić information content (AvgIpc) is 3.30. The molecule has 0 spiro atoms. The summed E-state index contributed by atoms with van der Waals surface area (Å²) in [5, 5.41) is 2.00. The average molecular weight is 434 g/mol. The summed E-state index contributed by atoms with van der Waals surface area (Å²) >= 11 is 12.3. The number of benzene rings is 1. The van der Waals surface area contributed by atoms with Gasteiger partial charge in [0, 0.05) is 24.2 Å². The fourth-order valence-electron chi connectivity index (χ4n) is 4.40. The maximum atomic E-state index is 6.61. The summed E-state index contributed by atoms with van der Waals surface area (Å²) < 4.78 is 21.2. The number of ether oxygens (including phenoxy) is 3. The summed E-state index contributed by atoms with van der Waals surface area (Å²) in [4.78, 5) is 8.53. The molecule has 0 radical (unpaired) electrons. The van der Waals surface area contributed by atoms with Crippen molar-refractivity contribution in [2.75, 3.05) is 0 Å². The van der Waals surface area contributed by atoms with Crippen molar-refractivity contribution in [1.82, 2.24) is 14.5 Å². The second kappa shape index (κ2) is 6.65. The number of hydrogen-bond donors (Lipinski definition) is 0. The second-order valence-corrected chi connectivity index (χ2v) is 9.11.